The molecule has 0 aliphatic carbocycles. The number of nitrogens with zero attached hydrogens (tertiary/aromatic N) is 1. The zero-order chi connectivity index (χ0) is 14.2. The summed E-state index contributed by atoms with van der Waals surface area (Å²) in [6.45, 7) is 0. The summed E-state index contributed by atoms with van der Waals surface area (Å²) in [5.41, 5.74) is -1.41. The standard InChI is InChI=1S/C12H5Cl2F4N/c13-6-1-2-9(14)8(3-6)10-4-7(15)5-11(19-10)12(16,17)18/h1-5H. The van der Waals surface area contributed by atoms with Gasteiger partial charge in [0.1, 0.15) is 11.5 Å². The molecule has 0 aliphatic rings. The fourth-order valence-electron chi connectivity index (χ4n) is 1.47. The third kappa shape index (κ3) is 3.16. The van der Waals surface area contributed by atoms with Gasteiger partial charge < -0.3 is 0 Å². The third-order valence-electron chi connectivity index (χ3n) is 2.28. The number of hydrogen-bond acceptors (Lipinski definition) is 1. The minimum absolute atomic E-state index is 0.135. The summed E-state index contributed by atoms with van der Waals surface area (Å²) in [6.07, 6.45) is -4.73. The molecule has 2 aromatic rings. The van der Waals surface area contributed by atoms with Gasteiger partial charge in [-0.15, -0.1) is 0 Å². The zero-order valence-electron chi connectivity index (χ0n) is 9.10. The molecule has 19 heavy (non-hydrogen) atoms. The normalized spacial score (nSPS) is 11.7. The molecule has 1 nitrogen and oxygen atoms in total. The van der Waals surface area contributed by atoms with Crippen LogP contribution in [-0.4, -0.2) is 4.98 Å². The lowest BCUT2D eigenvalue weighted by molar-refractivity contribution is -0.141. The Bertz CT molecular complexity index is 626. The summed E-state index contributed by atoms with van der Waals surface area (Å²) in [7, 11) is 0. The van der Waals surface area contributed by atoms with Crippen LogP contribution in [0.2, 0.25) is 10.0 Å². The van der Waals surface area contributed by atoms with Crippen molar-refractivity contribution in [3.8, 4) is 11.3 Å². The van der Waals surface area contributed by atoms with E-state index in [1.54, 1.807) is 0 Å². The Kier molecular flexibility index (Phi) is 3.69. The van der Waals surface area contributed by atoms with Crippen molar-refractivity contribution in [3.05, 3.63) is 51.9 Å². The van der Waals surface area contributed by atoms with E-state index in [9.17, 15) is 17.6 Å². The molecule has 1 aromatic heterocycles. The van der Waals surface area contributed by atoms with Crippen LogP contribution in [0, 0.1) is 5.82 Å². The fraction of sp³-hybridized carbons (Fsp3) is 0.0833. The summed E-state index contributed by atoms with van der Waals surface area (Å²) >= 11 is 11.6. The molecule has 1 heterocycles. The van der Waals surface area contributed by atoms with Crippen molar-refractivity contribution in [3.63, 3.8) is 0 Å². The molecular weight excluding hydrogens is 305 g/mol. The highest BCUT2D eigenvalue weighted by atomic mass is 35.5. The minimum Gasteiger partial charge on any atom is -0.243 e. The highest BCUT2D eigenvalue weighted by Crippen LogP contribution is 2.33. The van der Waals surface area contributed by atoms with Gasteiger partial charge in [0.05, 0.1) is 10.7 Å². The van der Waals surface area contributed by atoms with Crippen LogP contribution >= 0.6 is 23.2 Å². The Morgan fingerprint density at radius 3 is 2.32 bits per heavy atom. The maximum absolute atomic E-state index is 13.3. The monoisotopic (exact) mass is 309 g/mol. The van der Waals surface area contributed by atoms with E-state index in [1.807, 2.05) is 0 Å². The number of halogens is 6. The number of rotatable bonds is 1. The molecular formula is C12H5Cl2F4N. The van der Waals surface area contributed by atoms with Gasteiger partial charge in [-0.25, -0.2) is 9.37 Å². The Hall–Kier alpha value is -1.33. The molecule has 0 saturated heterocycles. The van der Waals surface area contributed by atoms with Crippen LogP contribution < -0.4 is 0 Å². The average molecular weight is 310 g/mol. The summed E-state index contributed by atoms with van der Waals surface area (Å²) in [4.78, 5) is 3.37. The van der Waals surface area contributed by atoms with Crippen molar-refractivity contribution in [2.75, 3.05) is 0 Å². The molecule has 0 amide bonds. The number of hydrogen-bond donors (Lipinski definition) is 0. The van der Waals surface area contributed by atoms with Gasteiger partial charge in [0.25, 0.3) is 0 Å². The maximum atomic E-state index is 13.3. The summed E-state index contributed by atoms with van der Waals surface area (Å²) in [6, 6.07) is 5.39. The van der Waals surface area contributed by atoms with Crippen molar-refractivity contribution in [2.24, 2.45) is 0 Å². The van der Waals surface area contributed by atoms with Gasteiger partial charge in [-0.3, -0.25) is 0 Å². The lowest BCUT2D eigenvalue weighted by Crippen LogP contribution is -2.09. The van der Waals surface area contributed by atoms with Crippen molar-refractivity contribution in [1.29, 1.82) is 0 Å². The quantitative estimate of drug-likeness (QED) is 0.659. The van der Waals surface area contributed by atoms with Gasteiger partial charge >= 0.3 is 6.18 Å². The summed E-state index contributed by atoms with van der Waals surface area (Å²) < 4.78 is 50.9. The predicted octanol–water partition coefficient (Wildman–Crippen LogP) is 5.21. The van der Waals surface area contributed by atoms with E-state index >= 15 is 0 Å². The first-order valence-electron chi connectivity index (χ1n) is 4.97. The first-order chi connectivity index (χ1) is 8.77. The molecule has 0 radical (unpaired) electrons. The second kappa shape index (κ2) is 4.98. The second-order valence-corrected chi connectivity index (χ2v) is 4.52. The van der Waals surface area contributed by atoms with E-state index in [4.69, 9.17) is 23.2 Å². The molecule has 0 aliphatic heterocycles. The largest absolute Gasteiger partial charge is 0.433 e. The molecule has 0 N–H and O–H groups in total. The first-order valence-corrected chi connectivity index (χ1v) is 5.73. The van der Waals surface area contributed by atoms with E-state index in [-0.39, 0.29) is 21.3 Å². The Balaban J connectivity index is 2.63. The van der Waals surface area contributed by atoms with E-state index in [2.05, 4.69) is 4.98 Å². The van der Waals surface area contributed by atoms with Gasteiger partial charge in [0, 0.05) is 22.7 Å². The van der Waals surface area contributed by atoms with Gasteiger partial charge in [0.15, 0.2) is 0 Å². The lowest BCUT2D eigenvalue weighted by atomic mass is 10.1. The van der Waals surface area contributed by atoms with Crippen LogP contribution in [0.5, 0.6) is 0 Å². The SMILES string of the molecule is Fc1cc(-c2cc(Cl)ccc2Cl)nc(C(F)(F)F)c1. The van der Waals surface area contributed by atoms with Crippen molar-refractivity contribution in [1.82, 2.24) is 4.98 Å². The zero-order valence-corrected chi connectivity index (χ0v) is 10.6. The van der Waals surface area contributed by atoms with Gasteiger partial charge in [0.2, 0.25) is 0 Å². The fourth-order valence-corrected chi connectivity index (χ4v) is 1.86. The van der Waals surface area contributed by atoms with Crippen molar-refractivity contribution in [2.45, 2.75) is 6.18 Å². The highest BCUT2D eigenvalue weighted by molar-refractivity contribution is 6.35. The van der Waals surface area contributed by atoms with Crippen molar-refractivity contribution >= 4 is 23.2 Å². The molecule has 7 heteroatoms. The Labute approximate surface area is 115 Å². The number of alkyl halides is 3. The van der Waals surface area contributed by atoms with E-state index in [0.29, 0.717) is 6.07 Å². The second-order valence-electron chi connectivity index (χ2n) is 3.68. The minimum atomic E-state index is -4.73. The van der Waals surface area contributed by atoms with Crippen molar-refractivity contribution < 1.29 is 17.6 Å². The Morgan fingerprint density at radius 2 is 1.68 bits per heavy atom. The summed E-state index contributed by atoms with van der Waals surface area (Å²) in [5, 5.41) is 0.398. The molecule has 0 unspecified atom stereocenters. The van der Waals surface area contributed by atoms with E-state index < -0.39 is 17.7 Å². The smallest absolute Gasteiger partial charge is 0.243 e. The Morgan fingerprint density at radius 1 is 1.00 bits per heavy atom. The van der Waals surface area contributed by atoms with E-state index in [1.165, 1.54) is 18.2 Å². The first kappa shape index (κ1) is 14.1. The number of pyridine rings is 1. The van der Waals surface area contributed by atoms with Crippen LogP contribution in [0.3, 0.4) is 0 Å². The molecule has 2 rings (SSSR count). The average Bonchev–Trinajstić information content (AvgIpc) is 2.30. The highest BCUT2D eigenvalue weighted by Gasteiger charge is 2.33. The van der Waals surface area contributed by atoms with E-state index in [0.717, 1.165) is 6.07 Å². The van der Waals surface area contributed by atoms with Crippen LogP contribution in [0.15, 0.2) is 30.3 Å². The predicted molar refractivity (Wildman–Crippen MR) is 64.7 cm³/mol. The topological polar surface area (TPSA) is 12.9 Å². The molecule has 0 spiro atoms. The van der Waals surface area contributed by atoms with Gasteiger partial charge in [-0.1, -0.05) is 23.2 Å². The lowest BCUT2D eigenvalue weighted by Gasteiger charge is -2.09. The molecule has 0 atom stereocenters. The number of benzene rings is 1. The summed E-state index contributed by atoms with van der Waals surface area (Å²) in [5.74, 6) is -1.05. The molecule has 1 aromatic carbocycles. The molecule has 0 saturated carbocycles. The molecule has 0 fully saturated rings. The number of aromatic nitrogens is 1. The third-order valence-corrected chi connectivity index (χ3v) is 2.85. The van der Waals surface area contributed by atoms with Crippen LogP contribution in [0.1, 0.15) is 5.69 Å². The van der Waals surface area contributed by atoms with Crippen LogP contribution in [0.25, 0.3) is 11.3 Å². The van der Waals surface area contributed by atoms with Crippen LogP contribution in [-0.2, 0) is 6.18 Å². The van der Waals surface area contributed by atoms with Crippen LogP contribution in [0.4, 0.5) is 17.6 Å². The van der Waals surface area contributed by atoms with Gasteiger partial charge in [-0.05, 0) is 18.2 Å². The molecule has 100 valence electrons. The maximum Gasteiger partial charge on any atom is 0.433 e. The van der Waals surface area contributed by atoms with Gasteiger partial charge in [-0.2, -0.15) is 13.2 Å². The molecule has 0 bridgehead atoms.